The Labute approximate surface area is 78.0 Å². The second-order valence-corrected chi connectivity index (χ2v) is 2.71. The van der Waals surface area contributed by atoms with Crippen LogP contribution in [0.2, 0.25) is 0 Å². The fourth-order valence-electron chi connectivity index (χ4n) is 0.707. The van der Waals surface area contributed by atoms with Gasteiger partial charge in [0.15, 0.2) is 0 Å². The molecule has 0 fully saturated rings. The molecule has 0 aromatic rings. The van der Waals surface area contributed by atoms with Crippen molar-refractivity contribution in [2.75, 3.05) is 0 Å². The van der Waals surface area contributed by atoms with Gasteiger partial charge in [0.2, 0.25) is 0 Å². The van der Waals surface area contributed by atoms with Crippen LogP contribution in [0.15, 0.2) is 0 Å². The van der Waals surface area contributed by atoms with Crippen LogP contribution in [0, 0.1) is 0 Å². The Kier molecular flexibility index (Phi) is 57.9. The van der Waals surface area contributed by atoms with Crippen molar-refractivity contribution in [2.45, 2.75) is 66.2 Å². The fraction of sp³-hybridized carbons (Fsp3) is 1.00. The molecule has 0 aromatic heterocycles. The first-order chi connectivity index (χ1) is 4.83. The average Bonchev–Trinajstić information content (AvgIpc) is 1.93. The minimum absolute atomic E-state index is 0. The standard InChI is InChI=1S/2C5H12.2H2O/c2*1-3-5-4-2;;/h2*3-5H2,1-2H3;2*1H2. The Bertz CT molecular complexity index is 28.8. The highest BCUT2D eigenvalue weighted by molar-refractivity contribution is 4.24. The Morgan fingerprint density at radius 3 is 0.667 bits per heavy atom. The van der Waals surface area contributed by atoms with Gasteiger partial charge < -0.3 is 11.0 Å². The zero-order chi connectivity index (χ0) is 8.24. The van der Waals surface area contributed by atoms with Crippen LogP contribution in [0.5, 0.6) is 0 Å². The zero-order valence-electron chi connectivity index (χ0n) is 9.24. The van der Waals surface area contributed by atoms with Crippen molar-refractivity contribution in [3.8, 4) is 0 Å². The quantitative estimate of drug-likeness (QED) is 0.638. The van der Waals surface area contributed by atoms with Crippen LogP contribution in [-0.4, -0.2) is 11.0 Å². The van der Waals surface area contributed by atoms with E-state index in [2.05, 4.69) is 27.7 Å². The lowest BCUT2D eigenvalue weighted by Gasteiger charge is -1.79. The molecule has 0 heterocycles. The van der Waals surface area contributed by atoms with Gasteiger partial charge >= 0.3 is 0 Å². The van der Waals surface area contributed by atoms with E-state index in [1.807, 2.05) is 0 Å². The van der Waals surface area contributed by atoms with Crippen molar-refractivity contribution in [2.24, 2.45) is 0 Å². The Morgan fingerprint density at radius 2 is 0.667 bits per heavy atom. The summed E-state index contributed by atoms with van der Waals surface area (Å²) in [6, 6.07) is 0. The van der Waals surface area contributed by atoms with Crippen LogP contribution >= 0.6 is 0 Å². The molecule has 0 bridgehead atoms. The molecule has 0 rings (SSSR count). The molecule has 0 saturated heterocycles. The van der Waals surface area contributed by atoms with E-state index in [0.29, 0.717) is 0 Å². The summed E-state index contributed by atoms with van der Waals surface area (Å²) in [5.41, 5.74) is 0. The second-order valence-electron chi connectivity index (χ2n) is 2.71. The third-order valence-corrected chi connectivity index (χ3v) is 1.41. The van der Waals surface area contributed by atoms with Crippen molar-refractivity contribution in [1.82, 2.24) is 0 Å². The van der Waals surface area contributed by atoms with Gasteiger partial charge in [0.05, 0.1) is 0 Å². The fourth-order valence-corrected chi connectivity index (χ4v) is 0.707. The van der Waals surface area contributed by atoms with Crippen LogP contribution in [0.25, 0.3) is 0 Å². The van der Waals surface area contributed by atoms with Crippen molar-refractivity contribution in [1.29, 1.82) is 0 Å². The highest BCUT2D eigenvalue weighted by Gasteiger charge is 1.68. The van der Waals surface area contributed by atoms with E-state index >= 15 is 0 Å². The number of rotatable bonds is 4. The van der Waals surface area contributed by atoms with Gasteiger partial charge in [-0.15, -0.1) is 0 Å². The molecule has 4 N–H and O–H groups in total. The molecule has 0 aliphatic carbocycles. The van der Waals surface area contributed by atoms with Gasteiger partial charge in [-0.3, -0.25) is 0 Å². The molecule has 0 unspecified atom stereocenters. The van der Waals surface area contributed by atoms with Crippen molar-refractivity contribution < 1.29 is 11.0 Å². The number of unbranched alkanes of at least 4 members (excludes halogenated alkanes) is 4. The van der Waals surface area contributed by atoms with E-state index in [4.69, 9.17) is 0 Å². The molecule has 0 amide bonds. The monoisotopic (exact) mass is 180 g/mol. The van der Waals surface area contributed by atoms with Gasteiger partial charge in [0, 0.05) is 0 Å². The second kappa shape index (κ2) is 30.7. The molecule has 2 nitrogen and oxygen atoms in total. The summed E-state index contributed by atoms with van der Waals surface area (Å²) >= 11 is 0. The molecule has 12 heavy (non-hydrogen) atoms. The zero-order valence-corrected chi connectivity index (χ0v) is 9.24. The molecule has 80 valence electrons. The van der Waals surface area contributed by atoms with Gasteiger partial charge in [0.25, 0.3) is 0 Å². The van der Waals surface area contributed by atoms with E-state index in [-0.39, 0.29) is 11.0 Å². The van der Waals surface area contributed by atoms with E-state index in [0.717, 1.165) is 0 Å². The highest BCUT2D eigenvalue weighted by Crippen LogP contribution is 1.88. The minimum atomic E-state index is 0. The summed E-state index contributed by atoms with van der Waals surface area (Å²) < 4.78 is 0. The molecule has 0 aromatic carbocycles. The summed E-state index contributed by atoms with van der Waals surface area (Å²) in [5.74, 6) is 0. The number of hydrogen-bond acceptors (Lipinski definition) is 0. The van der Waals surface area contributed by atoms with Crippen LogP contribution in [0.4, 0.5) is 0 Å². The summed E-state index contributed by atoms with van der Waals surface area (Å²) in [4.78, 5) is 0. The lowest BCUT2D eigenvalue weighted by molar-refractivity contribution is 0.772. The summed E-state index contributed by atoms with van der Waals surface area (Å²) in [5, 5.41) is 0. The van der Waals surface area contributed by atoms with E-state index in [1.54, 1.807) is 0 Å². The Hall–Kier alpha value is -0.0800. The van der Waals surface area contributed by atoms with Gasteiger partial charge in [-0.1, -0.05) is 66.2 Å². The van der Waals surface area contributed by atoms with Crippen molar-refractivity contribution >= 4 is 0 Å². The molecule has 0 atom stereocenters. The summed E-state index contributed by atoms with van der Waals surface area (Å²) in [6.45, 7) is 8.85. The minimum Gasteiger partial charge on any atom is -0.412 e. The molecule has 0 spiro atoms. The molecular formula is C10H28O2. The van der Waals surface area contributed by atoms with Crippen LogP contribution in [0.3, 0.4) is 0 Å². The van der Waals surface area contributed by atoms with Crippen LogP contribution < -0.4 is 0 Å². The maximum Gasteiger partial charge on any atom is -0.0538 e. The SMILES string of the molecule is CCCCC.CCCCC.O.O. The molecular weight excluding hydrogens is 152 g/mol. The van der Waals surface area contributed by atoms with E-state index in [1.165, 1.54) is 38.5 Å². The first kappa shape index (κ1) is 22.7. The van der Waals surface area contributed by atoms with Crippen molar-refractivity contribution in [3.05, 3.63) is 0 Å². The first-order valence-corrected chi connectivity index (χ1v) is 4.83. The third-order valence-electron chi connectivity index (χ3n) is 1.41. The average molecular weight is 180 g/mol. The molecule has 0 aliphatic rings. The topological polar surface area (TPSA) is 63.0 Å². The molecule has 0 aliphatic heterocycles. The van der Waals surface area contributed by atoms with Crippen LogP contribution in [0.1, 0.15) is 66.2 Å². The number of hydrogen-bond donors (Lipinski definition) is 0. The van der Waals surface area contributed by atoms with Gasteiger partial charge in [-0.25, -0.2) is 0 Å². The molecule has 0 saturated carbocycles. The third kappa shape index (κ3) is 51.4. The predicted octanol–water partition coefficient (Wildman–Crippen LogP) is 2.74. The maximum absolute atomic E-state index is 2.21. The maximum atomic E-state index is 2.21. The van der Waals surface area contributed by atoms with Crippen molar-refractivity contribution in [3.63, 3.8) is 0 Å². The predicted molar refractivity (Wildman–Crippen MR) is 57.6 cm³/mol. The lowest BCUT2D eigenvalue weighted by atomic mass is 10.3. The summed E-state index contributed by atoms with van der Waals surface area (Å²) in [6.07, 6.45) is 8.15. The smallest absolute Gasteiger partial charge is 0.0538 e. The highest BCUT2D eigenvalue weighted by atomic mass is 16.0. The largest absolute Gasteiger partial charge is 0.412 e. The van der Waals surface area contributed by atoms with Crippen LogP contribution in [-0.2, 0) is 0 Å². The van der Waals surface area contributed by atoms with Gasteiger partial charge in [0.1, 0.15) is 0 Å². The lowest BCUT2D eigenvalue weighted by Crippen LogP contribution is -1.59. The van der Waals surface area contributed by atoms with Gasteiger partial charge in [-0.2, -0.15) is 0 Å². The Balaban J connectivity index is -0.0000000457. The summed E-state index contributed by atoms with van der Waals surface area (Å²) in [7, 11) is 0. The van der Waals surface area contributed by atoms with E-state index < -0.39 is 0 Å². The first-order valence-electron chi connectivity index (χ1n) is 4.83. The molecule has 2 heteroatoms. The normalized spacial score (nSPS) is 7.00. The van der Waals surface area contributed by atoms with E-state index in [9.17, 15) is 0 Å². The van der Waals surface area contributed by atoms with Gasteiger partial charge in [-0.05, 0) is 0 Å². The molecule has 0 radical (unpaired) electrons. The Morgan fingerprint density at radius 1 is 0.500 bits per heavy atom.